The maximum atomic E-state index is 13.1. The molecular weight excluding hydrogens is 342 g/mol. The van der Waals surface area contributed by atoms with E-state index in [1.807, 2.05) is 0 Å². The highest BCUT2D eigenvalue weighted by Gasteiger charge is 2.43. The molecule has 1 aromatic carbocycles. The Morgan fingerprint density at radius 1 is 1.29 bits per heavy atom. The normalized spacial score (nSPS) is 14.8. The topological polar surface area (TPSA) is 60.5 Å². The van der Waals surface area contributed by atoms with Crippen molar-refractivity contribution < 1.29 is 23.0 Å². The van der Waals surface area contributed by atoms with E-state index in [0.717, 1.165) is 0 Å². The van der Waals surface area contributed by atoms with Gasteiger partial charge in [-0.05, 0) is 31.2 Å². The van der Waals surface area contributed by atoms with E-state index in [9.17, 15) is 13.6 Å². The van der Waals surface area contributed by atoms with Crippen molar-refractivity contribution >= 4 is 23.3 Å². The highest BCUT2D eigenvalue weighted by Crippen LogP contribution is 2.45. The van der Waals surface area contributed by atoms with E-state index in [1.54, 1.807) is 25.1 Å². The van der Waals surface area contributed by atoms with E-state index in [4.69, 9.17) is 11.6 Å². The van der Waals surface area contributed by atoms with Gasteiger partial charge in [0, 0.05) is 23.4 Å². The van der Waals surface area contributed by atoms with Crippen LogP contribution >= 0.6 is 11.6 Å². The fraction of sp³-hybridized carbons (Fsp3) is 0.125. The number of halogens is 3. The number of anilines is 1. The van der Waals surface area contributed by atoms with Crippen LogP contribution in [0.15, 0.2) is 42.6 Å². The maximum Gasteiger partial charge on any atom is 0.586 e. The molecule has 0 unspecified atom stereocenters. The fourth-order valence-corrected chi connectivity index (χ4v) is 2.40. The molecule has 1 aromatic heterocycles. The van der Waals surface area contributed by atoms with E-state index in [1.165, 1.54) is 24.4 Å². The summed E-state index contributed by atoms with van der Waals surface area (Å²) < 4.78 is 34.9. The lowest BCUT2D eigenvalue weighted by molar-refractivity contribution is -0.286. The van der Waals surface area contributed by atoms with Crippen LogP contribution in [0, 0.1) is 0 Å². The second-order valence-corrected chi connectivity index (χ2v) is 5.27. The number of nitrogens with one attached hydrogen (secondary N) is 1. The second-order valence-electron chi connectivity index (χ2n) is 4.87. The number of alkyl halides is 2. The summed E-state index contributed by atoms with van der Waals surface area (Å²) in [5, 5.41) is 2.79. The van der Waals surface area contributed by atoms with E-state index in [-0.39, 0.29) is 22.4 Å². The number of nitrogens with zero attached hydrogens (tertiary/aromatic N) is 1. The van der Waals surface area contributed by atoms with E-state index >= 15 is 0 Å². The Kier molecular flexibility index (Phi) is 4.11. The van der Waals surface area contributed by atoms with Gasteiger partial charge >= 0.3 is 6.29 Å². The molecule has 0 atom stereocenters. The number of benzene rings is 1. The Hall–Kier alpha value is -2.67. The molecule has 8 heteroatoms. The van der Waals surface area contributed by atoms with Crippen LogP contribution in [0.3, 0.4) is 0 Å². The number of allylic oxidation sites excluding steroid dienone is 1. The van der Waals surface area contributed by atoms with Crippen LogP contribution in [-0.4, -0.2) is 17.2 Å². The third kappa shape index (κ3) is 3.30. The number of hydrogen-bond acceptors (Lipinski definition) is 4. The maximum absolute atomic E-state index is 13.1. The number of rotatable bonds is 3. The average Bonchev–Trinajstić information content (AvgIpc) is 2.80. The van der Waals surface area contributed by atoms with E-state index in [0.29, 0.717) is 16.9 Å². The van der Waals surface area contributed by atoms with Gasteiger partial charge in [0.25, 0.3) is 0 Å². The Balaban J connectivity index is 1.87. The third-order valence-corrected chi connectivity index (χ3v) is 3.45. The lowest BCUT2D eigenvalue weighted by Gasteiger charge is -2.07. The summed E-state index contributed by atoms with van der Waals surface area (Å²) in [5.74, 6) is -0.187. The summed E-state index contributed by atoms with van der Waals surface area (Å²) in [5.41, 5.74) is 1.03. The molecule has 0 fully saturated rings. The van der Waals surface area contributed by atoms with Crippen LogP contribution in [0.5, 0.6) is 11.5 Å². The Morgan fingerprint density at radius 2 is 2.00 bits per heavy atom. The molecule has 1 amide bonds. The van der Waals surface area contributed by atoms with Crippen molar-refractivity contribution in [2.75, 3.05) is 5.32 Å². The van der Waals surface area contributed by atoms with Gasteiger partial charge in [-0.3, -0.25) is 4.79 Å². The molecule has 0 bridgehead atoms. The molecule has 0 saturated heterocycles. The molecule has 1 N–H and O–H groups in total. The minimum Gasteiger partial charge on any atom is -0.395 e. The van der Waals surface area contributed by atoms with Crippen molar-refractivity contribution in [3.8, 4) is 22.6 Å². The van der Waals surface area contributed by atoms with Gasteiger partial charge in [0.15, 0.2) is 11.5 Å². The van der Waals surface area contributed by atoms with Crippen molar-refractivity contribution in [1.82, 2.24) is 4.98 Å². The molecule has 2 aromatic rings. The van der Waals surface area contributed by atoms with E-state index < -0.39 is 6.29 Å². The molecule has 24 heavy (non-hydrogen) atoms. The van der Waals surface area contributed by atoms with Crippen LogP contribution in [0.1, 0.15) is 6.92 Å². The van der Waals surface area contributed by atoms with Gasteiger partial charge in [0.05, 0.1) is 5.02 Å². The summed E-state index contributed by atoms with van der Waals surface area (Å²) >= 11 is 6.11. The Morgan fingerprint density at radius 3 is 2.62 bits per heavy atom. The molecule has 0 saturated carbocycles. The van der Waals surface area contributed by atoms with Crippen LogP contribution in [-0.2, 0) is 4.79 Å². The van der Waals surface area contributed by atoms with Gasteiger partial charge in [-0.25, -0.2) is 4.98 Å². The van der Waals surface area contributed by atoms with Gasteiger partial charge in [-0.1, -0.05) is 17.7 Å². The summed E-state index contributed by atoms with van der Waals surface area (Å²) in [6.45, 7) is 1.72. The molecule has 1 aliphatic heterocycles. The highest BCUT2D eigenvalue weighted by atomic mass is 35.5. The summed E-state index contributed by atoms with van der Waals surface area (Å²) in [6, 6.07) is 5.84. The average molecular weight is 353 g/mol. The van der Waals surface area contributed by atoms with E-state index in [2.05, 4.69) is 19.8 Å². The Bertz CT molecular complexity index is 823. The van der Waals surface area contributed by atoms with Gasteiger partial charge in [-0.15, -0.1) is 8.78 Å². The van der Waals surface area contributed by atoms with Gasteiger partial charge in [-0.2, -0.15) is 0 Å². The lowest BCUT2D eigenvalue weighted by atomic mass is 10.1. The van der Waals surface area contributed by atoms with Crippen molar-refractivity contribution in [1.29, 1.82) is 0 Å². The lowest BCUT2D eigenvalue weighted by Crippen LogP contribution is -2.25. The molecule has 124 valence electrons. The molecule has 0 aliphatic carbocycles. The minimum atomic E-state index is -3.70. The third-order valence-electron chi connectivity index (χ3n) is 3.13. The molecule has 2 heterocycles. The fourth-order valence-electron chi connectivity index (χ4n) is 2.14. The zero-order valence-corrected chi connectivity index (χ0v) is 13.1. The van der Waals surface area contributed by atoms with Crippen LogP contribution in [0.2, 0.25) is 5.02 Å². The first-order chi connectivity index (χ1) is 11.4. The summed E-state index contributed by atoms with van der Waals surface area (Å²) in [4.78, 5) is 15.5. The van der Waals surface area contributed by atoms with Crippen molar-refractivity contribution in [3.63, 3.8) is 0 Å². The number of ether oxygens (including phenoxy) is 2. The standard InChI is InChI=1S/C16H11ClF2N2O3/c1-2-3-15(22)21-14-5-4-9(8-20-14)10-6-12-13(7-11(10)17)24-16(18,19)23-12/h2-8H,1H3,(H,20,21,22)/b3-2+. The first kappa shape index (κ1) is 16.2. The van der Waals surface area contributed by atoms with Crippen LogP contribution < -0.4 is 14.8 Å². The summed E-state index contributed by atoms with van der Waals surface area (Å²) in [7, 11) is 0. The van der Waals surface area contributed by atoms with Crippen molar-refractivity contribution in [3.05, 3.63) is 47.6 Å². The molecule has 1 aliphatic rings. The predicted molar refractivity (Wildman–Crippen MR) is 84.3 cm³/mol. The molecular formula is C16H11ClF2N2O3. The quantitative estimate of drug-likeness (QED) is 0.839. The van der Waals surface area contributed by atoms with Gasteiger partial charge in [0.2, 0.25) is 5.91 Å². The molecule has 3 rings (SSSR count). The second kappa shape index (κ2) is 6.09. The zero-order chi connectivity index (χ0) is 17.3. The Labute approximate surface area is 140 Å². The van der Waals surface area contributed by atoms with Crippen molar-refractivity contribution in [2.24, 2.45) is 0 Å². The number of fused-ring (bicyclic) bond motifs is 1. The zero-order valence-electron chi connectivity index (χ0n) is 12.3. The number of amides is 1. The smallest absolute Gasteiger partial charge is 0.395 e. The van der Waals surface area contributed by atoms with Crippen molar-refractivity contribution in [2.45, 2.75) is 13.2 Å². The number of pyridine rings is 1. The first-order valence-corrected chi connectivity index (χ1v) is 7.25. The predicted octanol–water partition coefficient (Wildman–Crippen LogP) is 4.24. The molecule has 0 spiro atoms. The minimum absolute atomic E-state index is 0.107. The monoisotopic (exact) mass is 352 g/mol. The number of aromatic nitrogens is 1. The highest BCUT2D eigenvalue weighted by molar-refractivity contribution is 6.33. The molecule has 5 nitrogen and oxygen atoms in total. The SMILES string of the molecule is C/C=C/C(=O)Nc1ccc(-c2cc3c(cc2Cl)OC(F)(F)O3)cn1. The largest absolute Gasteiger partial charge is 0.586 e. The van der Waals surface area contributed by atoms with Crippen LogP contribution in [0.4, 0.5) is 14.6 Å². The number of carbonyl (C=O) groups excluding carboxylic acids is 1. The number of carbonyl (C=O) groups is 1. The van der Waals surface area contributed by atoms with Gasteiger partial charge < -0.3 is 14.8 Å². The van der Waals surface area contributed by atoms with Gasteiger partial charge in [0.1, 0.15) is 5.82 Å². The summed E-state index contributed by atoms with van der Waals surface area (Å²) in [6.07, 6.45) is 0.729. The first-order valence-electron chi connectivity index (χ1n) is 6.87. The number of hydrogen-bond donors (Lipinski definition) is 1. The van der Waals surface area contributed by atoms with Crippen LogP contribution in [0.25, 0.3) is 11.1 Å². The molecule has 0 radical (unpaired) electrons.